The van der Waals surface area contributed by atoms with Crippen LogP contribution in [-0.4, -0.2) is 57.9 Å². The minimum atomic E-state index is 0. The van der Waals surface area contributed by atoms with Crippen LogP contribution in [0.1, 0.15) is 12.0 Å². The van der Waals surface area contributed by atoms with Crippen LogP contribution in [0.3, 0.4) is 0 Å². The van der Waals surface area contributed by atoms with Gasteiger partial charge in [0.2, 0.25) is 0 Å². The number of nitrogens with zero attached hydrogens (tertiary/aromatic N) is 2. The van der Waals surface area contributed by atoms with Crippen molar-refractivity contribution < 1.29 is 9.47 Å². The summed E-state index contributed by atoms with van der Waals surface area (Å²) in [4.78, 5) is 6.49. The Morgan fingerprint density at radius 1 is 1.43 bits per heavy atom. The molecule has 1 aromatic rings. The smallest absolute Gasteiger partial charge is 0.193 e. The van der Waals surface area contributed by atoms with Crippen molar-refractivity contribution in [2.24, 2.45) is 10.9 Å². The van der Waals surface area contributed by atoms with Gasteiger partial charge in [-0.2, -0.15) is 0 Å². The lowest BCUT2D eigenvalue weighted by molar-refractivity contribution is 0.181. The minimum absolute atomic E-state index is 0. The van der Waals surface area contributed by atoms with Crippen molar-refractivity contribution in [1.82, 2.24) is 10.2 Å². The number of halogens is 1. The Hall–Kier alpha value is -1.02. The molecular formula is C17H28IN3O2. The summed E-state index contributed by atoms with van der Waals surface area (Å²) in [6.07, 6.45) is 1.14. The van der Waals surface area contributed by atoms with Gasteiger partial charge in [-0.15, -0.1) is 24.0 Å². The molecule has 1 atom stereocenters. The molecule has 0 bridgehead atoms. The van der Waals surface area contributed by atoms with Gasteiger partial charge in [-0.05, 0) is 25.0 Å². The average Bonchev–Trinajstić information content (AvgIpc) is 3.02. The van der Waals surface area contributed by atoms with E-state index in [1.54, 1.807) is 0 Å². The van der Waals surface area contributed by atoms with Gasteiger partial charge >= 0.3 is 0 Å². The number of rotatable bonds is 6. The molecule has 5 nitrogen and oxygen atoms in total. The highest BCUT2D eigenvalue weighted by Crippen LogP contribution is 2.15. The van der Waals surface area contributed by atoms with Gasteiger partial charge in [-0.25, -0.2) is 0 Å². The fourth-order valence-corrected chi connectivity index (χ4v) is 2.63. The summed E-state index contributed by atoms with van der Waals surface area (Å²) in [5.41, 5.74) is 1.16. The Balaban J connectivity index is 0.00000264. The highest BCUT2D eigenvalue weighted by atomic mass is 127. The Morgan fingerprint density at radius 2 is 2.22 bits per heavy atom. The number of hydrogen-bond acceptors (Lipinski definition) is 3. The lowest BCUT2D eigenvalue weighted by Crippen LogP contribution is -2.42. The zero-order valence-corrected chi connectivity index (χ0v) is 16.6. The van der Waals surface area contributed by atoms with Gasteiger partial charge in [0.05, 0.1) is 13.2 Å². The molecule has 2 rings (SSSR count). The van der Waals surface area contributed by atoms with Crippen molar-refractivity contribution in [3.63, 3.8) is 0 Å². The minimum Gasteiger partial charge on any atom is -0.491 e. The predicted molar refractivity (Wildman–Crippen MR) is 105 cm³/mol. The third-order valence-corrected chi connectivity index (χ3v) is 3.87. The van der Waals surface area contributed by atoms with E-state index in [-0.39, 0.29) is 24.0 Å². The molecule has 0 amide bonds. The molecule has 1 aliphatic rings. The number of benzene rings is 1. The Morgan fingerprint density at radius 3 is 2.87 bits per heavy atom. The Bertz CT molecular complexity index is 490. The fraction of sp³-hybridized carbons (Fsp3) is 0.588. The zero-order valence-electron chi connectivity index (χ0n) is 14.2. The fourth-order valence-electron chi connectivity index (χ4n) is 2.63. The molecule has 0 radical (unpaired) electrons. The van der Waals surface area contributed by atoms with Gasteiger partial charge in [-0.3, -0.25) is 4.99 Å². The molecule has 1 heterocycles. The van der Waals surface area contributed by atoms with Gasteiger partial charge in [0, 0.05) is 33.2 Å². The molecule has 1 aromatic carbocycles. The first-order chi connectivity index (χ1) is 10.7. The van der Waals surface area contributed by atoms with Crippen LogP contribution in [0, 0.1) is 12.8 Å². The second kappa shape index (κ2) is 10.7. The second-order valence-corrected chi connectivity index (χ2v) is 5.70. The second-order valence-electron chi connectivity index (χ2n) is 5.70. The molecule has 0 spiro atoms. The molecule has 1 fully saturated rings. The molecule has 0 aliphatic carbocycles. The topological polar surface area (TPSA) is 46.1 Å². The molecule has 130 valence electrons. The highest BCUT2D eigenvalue weighted by Gasteiger charge is 2.18. The number of aryl methyl sites for hydroxylation is 1. The van der Waals surface area contributed by atoms with E-state index in [0.717, 1.165) is 50.0 Å². The Labute approximate surface area is 156 Å². The summed E-state index contributed by atoms with van der Waals surface area (Å²) >= 11 is 0. The first kappa shape index (κ1) is 20.0. The van der Waals surface area contributed by atoms with Crippen molar-refractivity contribution in [3.8, 4) is 5.75 Å². The molecule has 1 aliphatic heterocycles. The van der Waals surface area contributed by atoms with Gasteiger partial charge in [0.15, 0.2) is 5.96 Å². The third kappa shape index (κ3) is 6.55. The number of guanidine groups is 1. The standard InChI is InChI=1S/C17H27N3O2.HI/c1-14-6-4-5-7-16(14)22-11-9-19-17(18-2)20(3)12-15-8-10-21-13-15;/h4-7,15H,8-13H2,1-3H3,(H,18,19);1H. The van der Waals surface area contributed by atoms with Gasteiger partial charge in [-0.1, -0.05) is 18.2 Å². The predicted octanol–water partition coefficient (Wildman–Crippen LogP) is 2.54. The van der Waals surface area contributed by atoms with E-state index >= 15 is 0 Å². The van der Waals surface area contributed by atoms with Crippen LogP contribution in [0.25, 0.3) is 0 Å². The summed E-state index contributed by atoms with van der Waals surface area (Å²) in [6, 6.07) is 8.06. The summed E-state index contributed by atoms with van der Waals surface area (Å²) in [5.74, 6) is 2.45. The first-order valence-corrected chi connectivity index (χ1v) is 7.88. The molecule has 0 saturated carbocycles. The highest BCUT2D eigenvalue weighted by molar-refractivity contribution is 14.0. The van der Waals surface area contributed by atoms with Crippen LogP contribution in [0.2, 0.25) is 0 Å². The van der Waals surface area contributed by atoms with E-state index in [0.29, 0.717) is 12.5 Å². The van der Waals surface area contributed by atoms with Crippen LogP contribution in [0.5, 0.6) is 5.75 Å². The largest absolute Gasteiger partial charge is 0.491 e. The summed E-state index contributed by atoms with van der Waals surface area (Å²) in [5, 5.41) is 3.34. The number of aliphatic imine (C=N–C) groups is 1. The third-order valence-electron chi connectivity index (χ3n) is 3.87. The maximum Gasteiger partial charge on any atom is 0.193 e. The van der Waals surface area contributed by atoms with Crippen molar-refractivity contribution in [1.29, 1.82) is 0 Å². The van der Waals surface area contributed by atoms with Crippen LogP contribution in [0.15, 0.2) is 29.3 Å². The maximum atomic E-state index is 5.79. The lowest BCUT2D eigenvalue weighted by atomic mass is 10.1. The number of nitrogens with one attached hydrogen (secondary N) is 1. The monoisotopic (exact) mass is 433 g/mol. The van der Waals surface area contributed by atoms with Crippen molar-refractivity contribution in [2.75, 3.05) is 47.0 Å². The van der Waals surface area contributed by atoms with E-state index < -0.39 is 0 Å². The van der Waals surface area contributed by atoms with E-state index in [1.165, 1.54) is 0 Å². The van der Waals surface area contributed by atoms with E-state index in [1.807, 2.05) is 25.2 Å². The van der Waals surface area contributed by atoms with Crippen LogP contribution < -0.4 is 10.1 Å². The molecular weight excluding hydrogens is 405 g/mol. The summed E-state index contributed by atoms with van der Waals surface area (Å²) in [7, 11) is 3.88. The van der Waals surface area contributed by atoms with E-state index in [9.17, 15) is 0 Å². The van der Waals surface area contributed by atoms with E-state index in [4.69, 9.17) is 9.47 Å². The van der Waals surface area contributed by atoms with Crippen LogP contribution in [-0.2, 0) is 4.74 Å². The van der Waals surface area contributed by atoms with Crippen LogP contribution >= 0.6 is 24.0 Å². The maximum absolute atomic E-state index is 5.79. The lowest BCUT2D eigenvalue weighted by Gasteiger charge is -2.24. The average molecular weight is 433 g/mol. The molecule has 1 unspecified atom stereocenters. The zero-order chi connectivity index (χ0) is 15.8. The molecule has 0 aromatic heterocycles. The summed E-state index contributed by atoms with van der Waals surface area (Å²) < 4.78 is 11.2. The van der Waals surface area contributed by atoms with Gasteiger partial charge in [0.1, 0.15) is 12.4 Å². The van der Waals surface area contributed by atoms with Crippen molar-refractivity contribution in [2.45, 2.75) is 13.3 Å². The quantitative estimate of drug-likeness (QED) is 0.324. The number of hydrogen-bond donors (Lipinski definition) is 1. The normalized spacial score (nSPS) is 17.5. The van der Waals surface area contributed by atoms with Gasteiger partial charge < -0.3 is 19.7 Å². The SMILES string of the molecule is CN=C(NCCOc1ccccc1C)N(C)CC1CCOC1.I. The van der Waals surface area contributed by atoms with E-state index in [2.05, 4.69) is 35.2 Å². The molecule has 6 heteroatoms. The molecule has 1 N–H and O–H groups in total. The molecule has 23 heavy (non-hydrogen) atoms. The van der Waals surface area contributed by atoms with Crippen molar-refractivity contribution >= 4 is 29.9 Å². The molecule has 1 saturated heterocycles. The van der Waals surface area contributed by atoms with Gasteiger partial charge in [0.25, 0.3) is 0 Å². The van der Waals surface area contributed by atoms with Crippen molar-refractivity contribution in [3.05, 3.63) is 29.8 Å². The summed E-state index contributed by atoms with van der Waals surface area (Å²) in [6.45, 7) is 6.11. The number of ether oxygens (including phenoxy) is 2. The van der Waals surface area contributed by atoms with Crippen LogP contribution in [0.4, 0.5) is 0 Å². The Kier molecular flexibility index (Phi) is 9.31. The number of para-hydroxylation sites is 1. The first-order valence-electron chi connectivity index (χ1n) is 7.88.